The zero-order valence-corrected chi connectivity index (χ0v) is 12.0. The van der Waals surface area contributed by atoms with E-state index in [0.717, 1.165) is 0 Å². The third-order valence-corrected chi connectivity index (χ3v) is 3.14. The van der Waals surface area contributed by atoms with Gasteiger partial charge >= 0.3 is 5.95 Å². The molecular formula is C16H11ClN2O3. The molecule has 2 aromatic carbocycles. The molecule has 0 amide bonds. The summed E-state index contributed by atoms with van der Waals surface area (Å²) in [6.07, 6.45) is 1.37. The van der Waals surface area contributed by atoms with E-state index in [4.69, 9.17) is 16.0 Å². The van der Waals surface area contributed by atoms with Crippen molar-refractivity contribution in [1.29, 1.82) is 0 Å². The monoisotopic (exact) mass is 314 g/mol. The summed E-state index contributed by atoms with van der Waals surface area (Å²) in [6, 6.07) is 13.3. The van der Waals surface area contributed by atoms with Crippen LogP contribution >= 0.6 is 11.6 Å². The molecule has 0 atom stereocenters. The van der Waals surface area contributed by atoms with Crippen molar-refractivity contribution in [2.24, 2.45) is 4.99 Å². The first-order valence-electron chi connectivity index (χ1n) is 6.40. The van der Waals surface area contributed by atoms with Crippen LogP contribution in [-0.2, 0) is 0 Å². The number of rotatable bonds is 3. The highest BCUT2D eigenvalue weighted by atomic mass is 35.5. The minimum atomic E-state index is -0.325. The van der Waals surface area contributed by atoms with Gasteiger partial charge in [0.2, 0.25) is 5.89 Å². The van der Waals surface area contributed by atoms with Crippen LogP contribution in [0.2, 0.25) is 5.02 Å². The fourth-order valence-electron chi connectivity index (χ4n) is 1.83. The lowest BCUT2D eigenvalue weighted by molar-refractivity contribution is 0.337. The molecule has 1 aromatic heterocycles. The molecule has 0 bridgehead atoms. The summed E-state index contributed by atoms with van der Waals surface area (Å²) < 4.78 is 5.21. The topological polar surface area (TPSA) is 78.9 Å². The van der Waals surface area contributed by atoms with E-state index < -0.39 is 0 Å². The van der Waals surface area contributed by atoms with Crippen LogP contribution in [0.1, 0.15) is 5.69 Å². The molecule has 3 aromatic rings. The fourth-order valence-corrected chi connectivity index (χ4v) is 1.96. The molecule has 0 spiro atoms. The van der Waals surface area contributed by atoms with Crippen molar-refractivity contribution in [1.82, 2.24) is 4.98 Å². The first-order valence-corrected chi connectivity index (χ1v) is 6.78. The number of aliphatic imine (C=N–C) groups is 1. The van der Waals surface area contributed by atoms with Crippen LogP contribution in [0.15, 0.2) is 57.9 Å². The molecule has 22 heavy (non-hydrogen) atoms. The van der Waals surface area contributed by atoms with Gasteiger partial charge in [0, 0.05) is 16.7 Å². The lowest BCUT2D eigenvalue weighted by atomic mass is 10.2. The van der Waals surface area contributed by atoms with Gasteiger partial charge in [-0.15, -0.1) is 0 Å². The second-order valence-corrected chi connectivity index (χ2v) is 4.93. The molecule has 0 saturated carbocycles. The Morgan fingerprint density at radius 2 is 1.86 bits per heavy atom. The Bertz CT molecular complexity index is 826. The Kier molecular flexibility index (Phi) is 3.80. The van der Waals surface area contributed by atoms with E-state index >= 15 is 0 Å². The SMILES string of the molecule is Oc1cccc(N=Cc2nc(-c3ccc(Cl)cc3)oc2O)c1. The van der Waals surface area contributed by atoms with Crippen LogP contribution < -0.4 is 0 Å². The van der Waals surface area contributed by atoms with E-state index in [2.05, 4.69) is 9.98 Å². The number of benzene rings is 2. The van der Waals surface area contributed by atoms with Crippen molar-refractivity contribution >= 4 is 23.5 Å². The number of nitrogens with zero attached hydrogens (tertiary/aromatic N) is 2. The van der Waals surface area contributed by atoms with Crippen LogP contribution in [-0.4, -0.2) is 21.4 Å². The van der Waals surface area contributed by atoms with E-state index in [-0.39, 0.29) is 23.3 Å². The van der Waals surface area contributed by atoms with Crippen LogP contribution in [0.3, 0.4) is 0 Å². The molecule has 0 aliphatic rings. The molecule has 0 aliphatic heterocycles. The summed E-state index contributed by atoms with van der Waals surface area (Å²) in [4.78, 5) is 8.31. The molecule has 0 aliphatic carbocycles. The lowest BCUT2D eigenvalue weighted by Gasteiger charge is -1.94. The summed E-state index contributed by atoms with van der Waals surface area (Å²) in [6.45, 7) is 0. The average Bonchev–Trinajstić information content (AvgIpc) is 2.87. The maximum absolute atomic E-state index is 9.78. The van der Waals surface area contributed by atoms with Crippen molar-refractivity contribution in [2.45, 2.75) is 0 Å². The van der Waals surface area contributed by atoms with Gasteiger partial charge in [0.15, 0.2) is 5.69 Å². The van der Waals surface area contributed by atoms with Gasteiger partial charge in [0.05, 0.1) is 11.9 Å². The predicted octanol–water partition coefficient (Wildman–Crippen LogP) is 4.16. The molecule has 0 radical (unpaired) electrons. The second kappa shape index (κ2) is 5.91. The Morgan fingerprint density at radius 1 is 1.09 bits per heavy atom. The molecule has 1 heterocycles. The van der Waals surface area contributed by atoms with Crippen molar-refractivity contribution in [3.8, 4) is 23.1 Å². The highest BCUT2D eigenvalue weighted by molar-refractivity contribution is 6.30. The van der Waals surface area contributed by atoms with Crippen molar-refractivity contribution < 1.29 is 14.6 Å². The van der Waals surface area contributed by atoms with Gasteiger partial charge in [-0.3, -0.25) is 4.99 Å². The first kappa shape index (κ1) is 14.2. The van der Waals surface area contributed by atoms with E-state index in [0.29, 0.717) is 16.3 Å². The van der Waals surface area contributed by atoms with Crippen molar-refractivity contribution in [2.75, 3.05) is 0 Å². The molecule has 0 saturated heterocycles. The molecule has 3 rings (SSSR count). The number of oxazole rings is 1. The van der Waals surface area contributed by atoms with Gasteiger partial charge in [0.25, 0.3) is 0 Å². The number of phenolic OH excluding ortho intramolecular Hbond substituents is 1. The number of aromatic hydroxyl groups is 2. The van der Waals surface area contributed by atoms with Gasteiger partial charge in [-0.2, -0.15) is 0 Å². The predicted molar refractivity (Wildman–Crippen MR) is 84.0 cm³/mol. The van der Waals surface area contributed by atoms with Crippen LogP contribution in [0, 0.1) is 0 Å². The van der Waals surface area contributed by atoms with Crippen LogP contribution in [0.5, 0.6) is 11.7 Å². The summed E-state index contributed by atoms with van der Waals surface area (Å²) >= 11 is 5.82. The molecular weight excluding hydrogens is 304 g/mol. The maximum Gasteiger partial charge on any atom is 0.312 e. The third-order valence-electron chi connectivity index (χ3n) is 2.89. The standard InChI is InChI=1S/C16H11ClN2O3/c17-11-6-4-10(5-7-11)15-19-14(16(21)22-15)9-18-12-2-1-3-13(20)8-12/h1-9,20-21H. The second-order valence-electron chi connectivity index (χ2n) is 4.49. The Morgan fingerprint density at radius 3 is 2.59 bits per heavy atom. The molecule has 0 fully saturated rings. The van der Waals surface area contributed by atoms with Gasteiger partial charge in [-0.05, 0) is 36.4 Å². The van der Waals surface area contributed by atoms with Crippen LogP contribution in [0.4, 0.5) is 5.69 Å². The van der Waals surface area contributed by atoms with Gasteiger partial charge in [-0.1, -0.05) is 17.7 Å². The minimum Gasteiger partial charge on any atom is -0.508 e. The summed E-state index contributed by atoms with van der Waals surface area (Å²) in [7, 11) is 0. The summed E-state index contributed by atoms with van der Waals surface area (Å²) in [5.41, 5.74) is 1.43. The van der Waals surface area contributed by atoms with E-state index in [9.17, 15) is 10.2 Å². The maximum atomic E-state index is 9.78. The van der Waals surface area contributed by atoms with Gasteiger partial charge < -0.3 is 14.6 Å². The number of hydrogen-bond acceptors (Lipinski definition) is 5. The smallest absolute Gasteiger partial charge is 0.312 e. The largest absolute Gasteiger partial charge is 0.508 e. The van der Waals surface area contributed by atoms with Gasteiger partial charge in [0.1, 0.15) is 5.75 Å². The zero-order chi connectivity index (χ0) is 15.5. The molecule has 110 valence electrons. The average molecular weight is 315 g/mol. The van der Waals surface area contributed by atoms with E-state index in [1.807, 2.05) is 0 Å². The first-order chi connectivity index (χ1) is 10.6. The number of hydrogen-bond donors (Lipinski definition) is 2. The highest BCUT2D eigenvalue weighted by Crippen LogP contribution is 2.27. The van der Waals surface area contributed by atoms with Crippen molar-refractivity contribution in [3.05, 3.63) is 59.2 Å². The van der Waals surface area contributed by atoms with E-state index in [1.54, 1.807) is 42.5 Å². The van der Waals surface area contributed by atoms with Crippen molar-refractivity contribution in [3.63, 3.8) is 0 Å². The fraction of sp³-hybridized carbons (Fsp3) is 0. The zero-order valence-electron chi connectivity index (χ0n) is 11.3. The summed E-state index contributed by atoms with van der Waals surface area (Å²) in [5, 5.41) is 19.8. The quantitative estimate of drug-likeness (QED) is 0.711. The van der Waals surface area contributed by atoms with Gasteiger partial charge in [-0.25, -0.2) is 4.98 Å². The normalized spacial score (nSPS) is 11.1. The highest BCUT2D eigenvalue weighted by Gasteiger charge is 2.12. The number of phenols is 1. The molecule has 0 unspecified atom stereocenters. The molecule has 2 N–H and O–H groups in total. The molecule has 6 heteroatoms. The third kappa shape index (κ3) is 3.10. The summed E-state index contributed by atoms with van der Waals surface area (Å²) in [5.74, 6) is 0.0567. The Labute approximate surface area is 131 Å². The number of aromatic nitrogens is 1. The lowest BCUT2D eigenvalue weighted by Crippen LogP contribution is -1.82. The molecule has 5 nitrogen and oxygen atoms in total. The Hall–Kier alpha value is -2.79. The number of halogens is 1. The Balaban J connectivity index is 1.88. The van der Waals surface area contributed by atoms with Crippen LogP contribution in [0.25, 0.3) is 11.5 Å². The van der Waals surface area contributed by atoms with E-state index in [1.165, 1.54) is 12.3 Å². The minimum absolute atomic E-state index is 0.112.